The zero-order valence-electron chi connectivity index (χ0n) is 11.6. The number of nitrogens with one attached hydrogen (secondary N) is 2. The molecule has 0 amide bonds. The van der Waals surface area contributed by atoms with Crippen LogP contribution in [-0.4, -0.2) is 39.6 Å². The molecule has 0 unspecified atom stereocenters. The smallest absolute Gasteiger partial charge is 0.250 e. The number of sulfonamides is 1. The molecule has 4 nitrogen and oxygen atoms in total. The predicted octanol–water partition coefficient (Wildman–Crippen LogP) is 1.93. The summed E-state index contributed by atoms with van der Waals surface area (Å²) in [6, 6.07) is 4.04. The van der Waals surface area contributed by atoms with Gasteiger partial charge in [-0.1, -0.05) is 13.8 Å². The molecule has 0 spiro atoms. The maximum Gasteiger partial charge on any atom is 0.250 e. The van der Waals surface area contributed by atoms with Crippen molar-refractivity contribution in [2.24, 2.45) is 0 Å². The Balaban J connectivity index is 2.53. The quantitative estimate of drug-likeness (QED) is 0.682. The van der Waals surface area contributed by atoms with Gasteiger partial charge in [0.05, 0.1) is 0 Å². The molecule has 0 fully saturated rings. The Morgan fingerprint density at radius 3 is 2.68 bits per heavy atom. The van der Waals surface area contributed by atoms with E-state index in [1.807, 2.05) is 12.3 Å². The van der Waals surface area contributed by atoms with Crippen LogP contribution in [-0.2, 0) is 16.4 Å². The van der Waals surface area contributed by atoms with Gasteiger partial charge in [0.1, 0.15) is 4.21 Å². The summed E-state index contributed by atoms with van der Waals surface area (Å²) in [4.78, 5) is 1.10. The maximum absolute atomic E-state index is 12.0. The monoisotopic (exact) mass is 322 g/mol. The largest absolute Gasteiger partial charge is 0.314 e. The van der Waals surface area contributed by atoms with Gasteiger partial charge in [-0.15, -0.1) is 11.3 Å². The first-order valence-corrected chi connectivity index (χ1v) is 9.95. The molecule has 2 N–H and O–H groups in total. The Bertz CT molecular complexity index is 469. The molecular formula is C12H22N2O2S3. The molecule has 0 saturated heterocycles. The third-order valence-corrected chi connectivity index (χ3v) is 6.13. The number of hydrogen-bond donors (Lipinski definition) is 2. The van der Waals surface area contributed by atoms with Crippen molar-refractivity contribution >= 4 is 33.1 Å². The van der Waals surface area contributed by atoms with Crippen LogP contribution in [0.2, 0.25) is 0 Å². The van der Waals surface area contributed by atoms with Gasteiger partial charge in [0, 0.05) is 29.8 Å². The fraction of sp³-hybridized carbons (Fsp3) is 0.667. The van der Waals surface area contributed by atoms with Crippen LogP contribution in [0.25, 0.3) is 0 Å². The lowest BCUT2D eigenvalue weighted by Gasteiger charge is -2.06. The van der Waals surface area contributed by atoms with E-state index < -0.39 is 10.0 Å². The minimum Gasteiger partial charge on any atom is -0.314 e. The van der Waals surface area contributed by atoms with Crippen molar-refractivity contribution in [3.63, 3.8) is 0 Å². The first-order valence-electron chi connectivity index (χ1n) is 6.26. The van der Waals surface area contributed by atoms with Crippen LogP contribution in [0.3, 0.4) is 0 Å². The van der Waals surface area contributed by atoms with Gasteiger partial charge in [-0.25, -0.2) is 13.1 Å². The van der Waals surface area contributed by atoms with E-state index in [0.717, 1.165) is 23.6 Å². The summed E-state index contributed by atoms with van der Waals surface area (Å²) in [5, 5.41) is 3.32. The highest BCUT2D eigenvalue weighted by molar-refractivity contribution is 7.98. The van der Waals surface area contributed by atoms with Crippen molar-refractivity contribution < 1.29 is 8.42 Å². The highest BCUT2D eigenvalue weighted by Crippen LogP contribution is 2.21. The molecule has 0 atom stereocenters. The van der Waals surface area contributed by atoms with Crippen LogP contribution >= 0.6 is 23.1 Å². The number of thiophene rings is 1. The third-order valence-electron chi connectivity index (χ3n) is 2.42. The number of hydrogen-bond acceptors (Lipinski definition) is 5. The van der Waals surface area contributed by atoms with Crippen LogP contribution < -0.4 is 10.0 Å². The van der Waals surface area contributed by atoms with E-state index in [-0.39, 0.29) is 0 Å². The predicted molar refractivity (Wildman–Crippen MR) is 84.7 cm³/mol. The second kappa shape index (κ2) is 8.26. The summed E-state index contributed by atoms with van der Waals surface area (Å²) in [6.45, 7) is 5.54. The molecule has 1 aromatic heterocycles. The van der Waals surface area contributed by atoms with Gasteiger partial charge < -0.3 is 5.32 Å². The Morgan fingerprint density at radius 2 is 2.05 bits per heavy atom. The van der Waals surface area contributed by atoms with Crippen molar-refractivity contribution in [3.8, 4) is 0 Å². The lowest BCUT2D eigenvalue weighted by molar-refractivity contribution is 0.586. The van der Waals surface area contributed by atoms with E-state index in [2.05, 4.69) is 23.9 Å². The Kier molecular flexibility index (Phi) is 7.38. The summed E-state index contributed by atoms with van der Waals surface area (Å²) in [6.07, 6.45) is 2.82. The van der Waals surface area contributed by atoms with Gasteiger partial charge in [-0.05, 0) is 24.8 Å². The molecular weight excluding hydrogens is 300 g/mol. The van der Waals surface area contributed by atoms with Crippen LogP contribution in [0.1, 0.15) is 18.7 Å². The van der Waals surface area contributed by atoms with E-state index in [1.165, 1.54) is 11.3 Å². The van der Waals surface area contributed by atoms with Crippen molar-refractivity contribution in [2.75, 3.05) is 25.1 Å². The summed E-state index contributed by atoms with van der Waals surface area (Å²) >= 11 is 2.98. The topological polar surface area (TPSA) is 58.2 Å². The van der Waals surface area contributed by atoms with Crippen molar-refractivity contribution in [1.82, 2.24) is 10.0 Å². The molecule has 1 rings (SSSR count). The second-order valence-corrected chi connectivity index (χ2v) is 8.62. The Hall–Kier alpha value is -0.0800. The SMILES string of the molecule is CSCCNS(=O)(=O)c1ccc(CCNC(C)C)s1. The molecule has 110 valence electrons. The van der Waals surface area contributed by atoms with Gasteiger partial charge in [-0.3, -0.25) is 0 Å². The average molecular weight is 323 g/mol. The van der Waals surface area contributed by atoms with E-state index in [4.69, 9.17) is 0 Å². The van der Waals surface area contributed by atoms with Gasteiger partial charge in [0.2, 0.25) is 10.0 Å². The highest BCUT2D eigenvalue weighted by Gasteiger charge is 2.15. The molecule has 0 aromatic carbocycles. The van der Waals surface area contributed by atoms with Gasteiger partial charge in [0.25, 0.3) is 0 Å². The summed E-state index contributed by atoms with van der Waals surface area (Å²) in [5.74, 6) is 0.787. The van der Waals surface area contributed by atoms with Crippen LogP contribution in [0.15, 0.2) is 16.3 Å². The van der Waals surface area contributed by atoms with Crippen molar-refractivity contribution in [3.05, 3.63) is 17.0 Å². The lowest BCUT2D eigenvalue weighted by atomic mass is 10.3. The molecule has 0 aliphatic carbocycles. The van der Waals surface area contributed by atoms with Crippen molar-refractivity contribution in [2.45, 2.75) is 30.5 Å². The molecule has 0 aliphatic heterocycles. The highest BCUT2D eigenvalue weighted by atomic mass is 32.2. The molecule has 0 bridgehead atoms. The normalized spacial score (nSPS) is 12.2. The van der Waals surface area contributed by atoms with E-state index in [9.17, 15) is 8.42 Å². The molecule has 1 aromatic rings. The van der Waals surface area contributed by atoms with Crippen LogP contribution in [0.5, 0.6) is 0 Å². The molecule has 19 heavy (non-hydrogen) atoms. The van der Waals surface area contributed by atoms with E-state index in [1.54, 1.807) is 17.8 Å². The molecule has 0 saturated carbocycles. The van der Waals surface area contributed by atoms with Gasteiger partial charge >= 0.3 is 0 Å². The summed E-state index contributed by atoms with van der Waals surface area (Å²) < 4.78 is 27.0. The minimum absolute atomic E-state index is 0.410. The lowest BCUT2D eigenvalue weighted by Crippen LogP contribution is -2.25. The second-order valence-electron chi connectivity index (χ2n) is 4.47. The van der Waals surface area contributed by atoms with Crippen molar-refractivity contribution in [1.29, 1.82) is 0 Å². The Labute approximate surface area is 124 Å². The first kappa shape index (κ1) is 17.0. The summed E-state index contributed by atoms with van der Waals surface area (Å²) in [5.41, 5.74) is 0. The van der Waals surface area contributed by atoms with E-state index in [0.29, 0.717) is 16.8 Å². The summed E-state index contributed by atoms with van der Waals surface area (Å²) in [7, 11) is -3.32. The van der Waals surface area contributed by atoms with Crippen LogP contribution in [0.4, 0.5) is 0 Å². The minimum atomic E-state index is -3.32. The average Bonchev–Trinajstić information content (AvgIpc) is 2.78. The van der Waals surface area contributed by atoms with Gasteiger partial charge in [-0.2, -0.15) is 11.8 Å². The Morgan fingerprint density at radius 1 is 1.32 bits per heavy atom. The fourth-order valence-electron chi connectivity index (χ4n) is 1.47. The molecule has 0 aliphatic rings. The molecule has 1 heterocycles. The zero-order chi connectivity index (χ0) is 14.3. The standard InChI is InChI=1S/C12H22N2O2S3/c1-10(2)13-7-6-11-4-5-12(18-11)19(15,16)14-8-9-17-3/h4-5,10,13-14H,6-9H2,1-3H3. The van der Waals surface area contributed by atoms with Gasteiger partial charge in [0.15, 0.2) is 0 Å². The first-order chi connectivity index (χ1) is 8.95. The maximum atomic E-state index is 12.0. The number of rotatable bonds is 9. The fourth-order valence-corrected chi connectivity index (χ4v) is 4.34. The number of thioether (sulfide) groups is 1. The zero-order valence-corrected chi connectivity index (χ0v) is 14.1. The van der Waals surface area contributed by atoms with E-state index >= 15 is 0 Å². The van der Waals surface area contributed by atoms with Crippen LogP contribution in [0, 0.1) is 0 Å². The third kappa shape index (κ3) is 6.27. The molecule has 0 radical (unpaired) electrons. The molecule has 7 heteroatoms.